The quantitative estimate of drug-likeness (QED) is 0.499. The highest BCUT2D eigenvalue weighted by Gasteiger charge is 2.18. The molecule has 0 spiro atoms. The van der Waals surface area contributed by atoms with Crippen molar-refractivity contribution in [3.05, 3.63) is 47.5 Å². The van der Waals surface area contributed by atoms with Crippen LogP contribution in [0.15, 0.2) is 33.7 Å². The van der Waals surface area contributed by atoms with Crippen LogP contribution in [0, 0.1) is 17.5 Å². The predicted octanol–water partition coefficient (Wildman–Crippen LogP) is 1.78. The first kappa shape index (κ1) is 13.7. The summed E-state index contributed by atoms with van der Waals surface area (Å²) in [6.07, 6.45) is 0. The fourth-order valence-electron chi connectivity index (χ4n) is 1.49. The SMILES string of the molecule is NC(N)=NC(=O)c1ccc(-c2ccc(F)c(F)c2F)o1. The summed E-state index contributed by atoms with van der Waals surface area (Å²) in [5.74, 6) is -6.13. The van der Waals surface area contributed by atoms with Crippen molar-refractivity contribution in [2.45, 2.75) is 0 Å². The zero-order valence-corrected chi connectivity index (χ0v) is 9.86. The van der Waals surface area contributed by atoms with Crippen molar-refractivity contribution in [1.82, 2.24) is 0 Å². The van der Waals surface area contributed by atoms with Crippen molar-refractivity contribution in [2.75, 3.05) is 0 Å². The van der Waals surface area contributed by atoms with E-state index in [1.54, 1.807) is 0 Å². The van der Waals surface area contributed by atoms with E-state index in [1.165, 1.54) is 12.1 Å². The van der Waals surface area contributed by atoms with Gasteiger partial charge >= 0.3 is 5.91 Å². The van der Waals surface area contributed by atoms with Gasteiger partial charge < -0.3 is 15.9 Å². The zero-order valence-electron chi connectivity index (χ0n) is 9.86. The lowest BCUT2D eigenvalue weighted by Crippen LogP contribution is -2.24. The second-order valence-electron chi connectivity index (χ2n) is 3.73. The highest BCUT2D eigenvalue weighted by Crippen LogP contribution is 2.27. The molecule has 0 fully saturated rings. The second-order valence-corrected chi connectivity index (χ2v) is 3.73. The average Bonchev–Trinajstić information content (AvgIpc) is 2.85. The molecule has 0 aliphatic heterocycles. The molecule has 0 radical (unpaired) electrons. The largest absolute Gasteiger partial charge is 0.451 e. The number of nitrogens with two attached hydrogens (primary N) is 2. The molecular formula is C12H8F3N3O2. The molecule has 104 valence electrons. The predicted molar refractivity (Wildman–Crippen MR) is 64.2 cm³/mol. The van der Waals surface area contributed by atoms with E-state index in [1.807, 2.05) is 0 Å². The van der Waals surface area contributed by atoms with Crippen molar-refractivity contribution in [1.29, 1.82) is 0 Å². The summed E-state index contributed by atoms with van der Waals surface area (Å²) in [7, 11) is 0. The molecule has 0 aliphatic carbocycles. The molecule has 2 rings (SSSR count). The average molecular weight is 283 g/mol. The minimum atomic E-state index is -1.63. The number of aliphatic imine (C=N–C) groups is 1. The summed E-state index contributed by atoms with van der Waals surface area (Å²) in [6, 6.07) is 4.13. The zero-order chi connectivity index (χ0) is 14.9. The van der Waals surface area contributed by atoms with Gasteiger partial charge in [0.1, 0.15) is 5.76 Å². The van der Waals surface area contributed by atoms with Crippen LogP contribution in [0.5, 0.6) is 0 Å². The molecule has 0 aliphatic rings. The molecule has 0 bridgehead atoms. The molecule has 8 heteroatoms. The van der Waals surface area contributed by atoms with Gasteiger partial charge in [0.15, 0.2) is 29.2 Å². The summed E-state index contributed by atoms with van der Waals surface area (Å²) >= 11 is 0. The molecule has 20 heavy (non-hydrogen) atoms. The summed E-state index contributed by atoms with van der Waals surface area (Å²) in [5, 5.41) is 0. The van der Waals surface area contributed by atoms with Gasteiger partial charge in [-0.05, 0) is 24.3 Å². The third kappa shape index (κ3) is 2.48. The molecule has 0 atom stereocenters. The highest BCUT2D eigenvalue weighted by atomic mass is 19.2. The first-order chi connectivity index (χ1) is 9.40. The Morgan fingerprint density at radius 1 is 1.05 bits per heavy atom. The topological polar surface area (TPSA) is 94.6 Å². The maximum atomic E-state index is 13.5. The van der Waals surface area contributed by atoms with Gasteiger partial charge in [0.25, 0.3) is 0 Å². The van der Waals surface area contributed by atoms with Crippen LogP contribution in [-0.2, 0) is 0 Å². The van der Waals surface area contributed by atoms with Crippen LogP contribution < -0.4 is 11.5 Å². The van der Waals surface area contributed by atoms with E-state index in [0.29, 0.717) is 0 Å². The lowest BCUT2D eigenvalue weighted by Gasteiger charge is -2.01. The molecule has 2 aromatic rings. The van der Waals surface area contributed by atoms with Gasteiger partial charge in [0.05, 0.1) is 5.56 Å². The van der Waals surface area contributed by atoms with Crippen LogP contribution in [0.4, 0.5) is 13.2 Å². The highest BCUT2D eigenvalue weighted by molar-refractivity contribution is 6.00. The van der Waals surface area contributed by atoms with Crippen molar-refractivity contribution in [3.8, 4) is 11.3 Å². The van der Waals surface area contributed by atoms with Crippen molar-refractivity contribution in [2.24, 2.45) is 16.5 Å². The fourth-order valence-corrected chi connectivity index (χ4v) is 1.49. The van der Waals surface area contributed by atoms with Crippen molar-refractivity contribution >= 4 is 11.9 Å². The number of guanidine groups is 1. The van der Waals surface area contributed by atoms with Crippen LogP contribution >= 0.6 is 0 Å². The van der Waals surface area contributed by atoms with Gasteiger partial charge in [-0.2, -0.15) is 4.99 Å². The Bertz CT molecular complexity index is 706. The van der Waals surface area contributed by atoms with Crippen LogP contribution in [-0.4, -0.2) is 11.9 Å². The van der Waals surface area contributed by atoms with Gasteiger partial charge in [-0.1, -0.05) is 0 Å². The number of carbonyl (C=O) groups is 1. The maximum Gasteiger partial charge on any atom is 0.315 e. The molecule has 1 amide bonds. The van der Waals surface area contributed by atoms with E-state index in [2.05, 4.69) is 4.99 Å². The monoisotopic (exact) mass is 283 g/mol. The summed E-state index contributed by atoms with van der Waals surface area (Å²) in [4.78, 5) is 14.7. The van der Waals surface area contributed by atoms with Crippen molar-refractivity contribution in [3.63, 3.8) is 0 Å². The summed E-state index contributed by atoms with van der Waals surface area (Å²) < 4.78 is 44.5. The number of benzene rings is 1. The number of furan rings is 1. The lowest BCUT2D eigenvalue weighted by molar-refractivity contribution is 0.0977. The Morgan fingerprint density at radius 2 is 1.75 bits per heavy atom. The van der Waals surface area contributed by atoms with E-state index in [-0.39, 0.29) is 17.1 Å². The van der Waals surface area contributed by atoms with Crippen LogP contribution in [0.1, 0.15) is 10.6 Å². The molecule has 1 aromatic carbocycles. The Balaban J connectivity index is 2.42. The Kier molecular flexibility index (Phi) is 3.47. The third-order valence-electron chi connectivity index (χ3n) is 2.35. The third-order valence-corrected chi connectivity index (χ3v) is 2.35. The standard InChI is InChI=1S/C12H8F3N3O2/c13-6-2-1-5(9(14)10(6)15)7-3-4-8(20-7)11(19)18-12(16)17/h1-4H,(H4,16,17,18,19). The Hall–Kier alpha value is -2.77. The Labute approximate surface area is 110 Å². The van der Waals surface area contributed by atoms with E-state index in [4.69, 9.17) is 15.9 Å². The first-order valence-electron chi connectivity index (χ1n) is 5.28. The van der Waals surface area contributed by atoms with Crippen molar-refractivity contribution < 1.29 is 22.4 Å². The summed E-state index contributed by atoms with van der Waals surface area (Å²) in [5.41, 5.74) is 9.72. The first-order valence-corrected chi connectivity index (χ1v) is 5.28. The van der Waals surface area contributed by atoms with E-state index < -0.39 is 29.3 Å². The number of nitrogens with zero attached hydrogens (tertiary/aromatic N) is 1. The van der Waals surface area contributed by atoms with E-state index in [9.17, 15) is 18.0 Å². The number of hydrogen-bond donors (Lipinski definition) is 2. The smallest absolute Gasteiger partial charge is 0.315 e. The number of amides is 1. The molecule has 0 saturated heterocycles. The van der Waals surface area contributed by atoms with Gasteiger partial charge in [0, 0.05) is 0 Å². The fraction of sp³-hybridized carbons (Fsp3) is 0. The molecule has 1 aromatic heterocycles. The van der Waals surface area contributed by atoms with Crippen LogP contribution in [0.25, 0.3) is 11.3 Å². The molecule has 1 heterocycles. The number of rotatable bonds is 2. The molecule has 0 saturated carbocycles. The van der Waals surface area contributed by atoms with E-state index >= 15 is 0 Å². The number of halogens is 3. The minimum absolute atomic E-state index is 0.157. The second kappa shape index (κ2) is 5.08. The Morgan fingerprint density at radius 3 is 2.40 bits per heavy atom. The molecule has 4 N–H and O–H groups in total. The summed E-state index contributed by atoms with van der Waals surface area (Å²) in [6.45, 7) is 0. The van der Waals surface area contributed by atoms with Crippen LogP contribution in [0.3, 0.4) is 0 Å². The maximum absolute atomic E-state index is 13.5. The molecule has 5 nitrogen and oxygen atoms in total. The van der Waals surface area contributed by atoms with Gasteiger partial charge in [0.2, 0.25) is 0 Å². The number of hydrogen-bond acceptors (Lipinski definition) is 2. The van der Waals surface area contributed by atoms with Crippen LogP contribution in [0.2, 0.25) is 0 Å². The minimum Gasteiger partial charge on any atom is -0.451 e. The normalized spacial score (nSPS) is 10.3. The molecular weight excluding hydrogens is 275 g/mol. The van der Waals surface area contributed by atoms with Gasteiger partial charge in [-0.25, -0.2) is 13.2 Å². The number of carbonyl (C=O) groups excluding carboxylic acids is 1. The van der Waals surface area contributed by atoms with Gasteiger partial charge in [-0.3, -0.25) is 4.79 Å². The van der Waals surface area contributed by atoms with Gasteiger partial charge in [-0.15, -0.1) is 0 Å². The lowest BCUT2D eigenvalue weighted by atomic mass is 10.1. The van der Waals surface area contributed by atoms with E-state index in [0.717, 1.165) is 12.1 Å². The molecule has 0 unspecified atom stereocenters.